The number of rotatable bonds is 10. The highest BCUT2D eigenvalue weighted by molar-refractivity contribution is 5.90. The number of hydrogen-bond acceptors (Lipinski definition) is 4. The van der Waals surface area contributed by atoms with Gasteiger partial charge in [-0.15, -0.1) is 6.58 Å². The number of halogens is 4. The van der Waals surface area contributed by atoms with E-state index >= 15 is 8.78 Å². The van der Waals surface area contributed by atoms with Crippen molar-refractivity contribution in [1.29, 1.82) is 0 Å². The van der Waals surface area contributed by atoms with Gasteiger partial charge >= 0.3 is 5.97 Å². The van der Waals surface area contributed by atoms with Crippen molar-refractivity contribution in [1.82, 2.24) is 0 Å². The Morgan fingerprint density at radius 3 is 2.26 bits per heavy atom. The van der Waals surface area contributed by atoms with Crippen LogP contribution < -0.4 is 9.47 Å². The maximum Gasteiger partial charge on any atom is 0.341 e. The molecule has 206 valence electrons. The molecular formula is C31H30F4O4. The lowest BCUT2D eigenvalue weighted by Crippen LogP contribution is -2.25. The molecule has 1 aliphatic carbocycles. The minimum absolute atomic E-state index is 0.127. The van der Waals surface area contributed by atoms with E-state index in [-0.39, 0.29) is 29.4 Å². The molecule has 0 heterocycles. The van der Waals surface area contributed by atoms with Crippen molar-refractivity contribution in [3.63, 3.8) is 0 Å². The van der Waals surface area contributed by atoms with Crippen LogP contribution in [0.2, 0.25) is 0 Å². The van der Waals surface area contributed by atoms with E-state index in [4.69, 9.17) is 14.2 Å². The highest BCUT2D eigenvalue weighted by atomic mass is 19.2. The molecule has 3 aromatic carbocycles. The zero-order chi connectivity index (χ0) is 27.9. The smallest absolute Gasteiger partial charge is 0.341 e. The summed E-state index contributed by atoms with van der Waals surface area (Å²) in [5, 5.41) is 0. The fourth-order valence-electron chi connectivity index (χ4n) is 4.76. The molecule has 0 saturated heterocycles. The number of ether oxygens (including phenoxy) is 3. The fourth-order valence-corrected chi connectivity index (χ4v) is 4.76. The highest BCUT2D eigenvalue weighted by Gasteiger charge is 2.30. The van der Waals surface area contributed by atoms with Gasteiger partial charge < -0.3 is 14.2 Å². The summed E-state index contributed by atoms with van der Waals surface area (Å²) >= 11 is 0. The summed E-state index contributed by atoms with van der Waals surface area (Å²) in [6.45, 7) is 6.02. The molecule has 0 amide bonds. The first-order valence-corrected chi connectivity index (χ1v) is 13.0. The first kappa shape index (κ1) is 28.2. The van der Waals surface area contributed by atoms with E-state index in [0.29, 0.717) is 50.0 Å². The molecule has 0 aromatic heterocycles. The van der Waals surface area contributed by atoms with Gasteiger partial charge in [0.2, 0.25) is 5.82 Å². The topological polar surface area (TPSA) is 44.8 Å². The number of carbonyl (C=O) groups excluding carboxylic acids is 1. The van der Waals surface area contributed by atoms with Crippen LogP contribution >= 0.6 is 0 Å². The molecule has 0 spiro atoms. The van der Waals surface area contributed by atoms with Crippen LogP contribution in [0.15, 0.2) is 61.2 Å². The normalized spacial score (nSPS) is 16.9. The van der Waals surface area contributed by atoms with Gasteiger partial charge in [0.1, 0.15) is 11.9 Å². The van der Waals surface area contributed by atoms with Gasteiger partial charge in [-0.2, -0.15) is 4.39 Å². The van der Waals surface area contributed by atoms with E-state index in [1.54, 1.807) is 42.5 Å². The number of benzene rings is 3. The largest absolute Gasteiger partial charge is 0.494 e. The molecule has 0 N–H and O–H groups in total. The molecular weight excluding hydrogens is 512 g/mol. The van der Waals surface area contributed by atoms with Crippen molar-refractivity contribution >= 4 is 5.97 Å². The van der Waals surface area contributed by atoms with E-state index in [1.807, 2.05) is 6.92 Å². The minimum Gasteiger partial charge on any atom is -0.494 e. The van der Waals surface area contributed by atoms with Crippen LogP contribution in [0, 0.1) is 23.3 Å². The minimum atomic E-state index is -1.34. The molecule has 0 unspecified atom stereocenters. The second kappa shape index (κ2) is 12.8. The molecule has 0 aliphatic heterocycles. The molecule has 4 nitrogen and oxygen atoms in total. The third-order valence-electron chi connectivity index (χ3n) is 6.82. The van der Waals surface area contributed by atoms with Gasteiger partial charge in [-0.3, -0.25) is 0 Å². The maximum absolute atomic E-state index is 15.1. The lowest BCUT2D eigenvalue weighted by atomic mass is 9.82. The fraction of sp³-hybridized carbons (Fsp3) is 0.323. The summed E-state index contributed by atoms with van der Waals surface area (Å²) in [7, 11) is 0. The summed E-state index contributed by atoms with van der Waals surface area (Å²) in [4.78, 5) is 12.5. The molecule has 1 saturated carbocycles. The predicted octanol–water partition coefficient (Wildman–Crippen LogP) is 8.15. The molecule has 8 heteroatoms. The van der Waals surface area contributed by atoms with Gasteiger partial charge in [0.05, 0.1) is 18.8 Å². The lowest BCUT2D eigenvalue weighted by molar-refractivity contribution is 0.0188. The molecule has 0 radical (unpaired) electrons. The average molecular weight is 543 g/mol. The van der Waals surface area contributed by atoms with Crippen LogP contribution in [0.25, 0.3) is 11.1 Å². The Morgan fingerprint density at radius 2 is 1.59 bits per heavy atom. The summed E-state index contributed by atoms with van der Waals surface area (Å²) in [6.07, 6.45) is 3.15. The van der Waals surface area contributed by atoms with Crippen molar-refractivity contribution in [2.24, 2.45) is 0 Å². The van der Waals surface area contributed by atoms with E-state index < -0.39 is 40.9 Å². The van der Waals surface area contributed by atoms with Crippen LogP contribution in [-0.2, 0) is 4.74 Å². The van der Waals surface area contributed by atoms with Crippen molar-refractivity contribution < 1.29 is 36.6 Å². The Morgan fingerprint density at radius 1 is 0.872 bits per heavy atom. The third kappa shape index (κ3) is 6.44. The van der Waals surface area contributed by atoms with Gasteiger partial charge in [-0.1, -0.05) is 30.3 Å². The molecule has 39 heavy (non-hydrogen) atoms. The van der Waals surface area contributed by atoms with Gasteiger partial charge in [-0.25, -0.2) is 18.0 Å². The zero-order valence-electron chi connectivity index (χ0n) is 21.7. The number of carbonyl (C=O) groups is 1. The molecule has 4 rings (SSSR count). The van der Waals surface area contributed by atoms with Crippen LogP contribution in [0.3, 0.4) is 0 Å². The predicted molar refractivity (Wildman–Crippen MR) is 140 cm³/mol. The maximum atomic E-state index is 15.1. The third-order valence-corrected chi connectivity index (χ3v) is 6.82. The van der Waals surface area contributed by atoms with E-state index in [1.165, 1.54) is 6.07 Å². The van der Waals surface area contributed by atoms with Gasteiger partial charge in [0.25, 0.3) is 0 Å². The van der Waals surface area contributed by atoms with Crippen molar-refractivity contribution in [2.45, 2.75) is 51.0 Å². The van der Waals surface area contributed by atoms with Crippen molar-refractivity contribution in [3.8, 4) is 22.6 Å². The van der Waals surface area contributed by atoms with Gasteiger partial charge in [0, 0.05) is 5.56 Å². The SMILES string of the molecule is C=CCCOc1ccc(C(=O)OC2CCC(c3ccc(-c4ccc(OCC)cc4)c(F)c3F)CC2)c(F)c1F. The van der Waals surface area contributed by atoms with Crippen LogP contribution in [0.4, 0.5) is 17.6 Å². The standard InChI is InChI=1S/C31H30F4O4/c1-3-5-18-38-26-17-16-25(29(34)30(26)35)31(36)39-22-12-8-20(9-13-22)24-15-14-23(27(32)28(24)33)19-6-10-21(11-7-19)37-4-2/h3,6-7,10-11,14-17,20,22H,1,4-5,8-9,12-13,18H2,2H3. The Labute approximate surface area is 225 Å². The number of esters is 1. The summed E-state index contributed by atoms with van der Waals surface area (Å²) in [6, 6.07) is 12.2. The Kier molecular flexibility index (Phi) is 9.28. The lowest BCUT2D eigenvalue weighted by Gasteiger charge is -2.29. The average Bonchev–Trinajstić information content (AvgIpc) is 2.94. The zero-order valence-corrected chi connectivity index (χ0v) is 21.7. The van der Waals surface area contributed by atoms with Crippen LogP contribution in [0.5, 0.6) is 11.5 Å². The molecule has 3 aromatic rings. The second-order valence-electron chi connectivity index (χ2n) is 9.33. The van der Waals surface area contributed by atoms with E-state index in [0.717, 1.165) is 6.07 Å². The first-order chi connectivity index (χ1) is 18.8. The Hall–Kier alpha value is -3.81. The van der Waals surface area contributed by atoms with E-state index in [2.05, 4.69) is 6.58 Å². The van der Waals surface area contributed by atoms with Crippen molar-refractivity contribution in [3.05, 3.63) is 95.6 Å². The number of hydrogen-bond donors (Lipinski definition) is 0. The first-order valence-electron chi connectivity index (χ1n) is 13.0. The van der Waals surface area contributed by atoms with Gasteiger partial charge in [0.15, 0.2) is 23.2 Å². The molecule has 1 fully saturated rings. The van der Waals surface area contributed by atoms with Crippen LogP contribution in [-0.4, -0.2) is 25.3 Å². The van der Waals surface area contributed by atoms with Crippen LogP contribution in [0.1, 0.15) is 60.9 Å². The molecule has 0 bridgehead atoms. The van der Waals surface area contributed by atoms with Gasteiger partial charge in [-0.05, 0) is 80.3 Å². The second-order valence-corrected chi connectivity index (χ2v) is 9.33. The Balaban J connectivity index is 1.37. The quantitative estimate of drug-likeness (QED) is 0.112. The summed E-state index contributed by atoms with van der Waals surface area (Å²) in [5.41, 5.74) is 0.446. The monoisotopic (exact) mass is 542 g/mol. The molecule has 1 aliphatic rings. The summed E-state index contributed by atoms with van der Waals surface area (Å²) in [5.74, 6) is -5.30. The summed E-state index contributed by atoms with van der Waals surface area (Å²) < 4.78 is 74.9. The highest BCUT2D eigenvalue weighted by Crippen LogP contribution is 2.38. The Bertz CT molecular complexity index is 1320. The van der Waals surface area contributed by atoms with E-state index in [9.17, 15) is 13.6 Å². The van der Waals surface area contributed by atoms with Crippen molar-refractivity contribution in [2.75, 3.05) is 13.2 Å². The molecule has 0 atom stereocenters.